The molecule has 178 valence electrons. The number of hydrogen-bond acceptors (Lipinski definition) is 5. The highest BCUT2D eigenvalue weighted by molar-refractivity contribution is 7.80. The molecule has 0 atom stereocenters. The number of carbonyl (C=O) groups is 2. The van der Waals surface area contributed by atoms with Crippen LogP contribution in [0.3, 0.4) is 0 Å². The molecule has 2 amide bonds. The zero-order chi connectivity index (χ0) is 24.8. The summed E-state index contributed by atoms with van der Waals surface area (Å²) in [6.07, 6.45) is 1.60. The quantitative estimate of drug-likeness (QED) is 0.498. The summed E-state index contributed by atoms with van der Waals surface area (Å²) in [5, 5.41) is 2.48. The van der Waals surface area contributed by atoms with Crippen molar-refractivity contribution < 1.29 is 19.1 Å². The number of nitrogens with zero attached hydrogens (tertiary/aromatic N) is 1. The van der Waals surface area contributed by atoms with Gasteiger partial charge in [-0.15, -0.1) is 0 Å². The average Bonchev–Trinajstić information content (AvgIpc) is 3.05. The molecule has 1 saturated heterocycles. The topological polar surface area (TPSA) is 67.9 Å². The first-order valence-electron chi connectivity index (χ1n) is 11.3. The van der Waals surface area contributed by atoms with E-state index >= 15 is 0 Å². The lowest BCUT2D eigenvalue weighted by Gasteiger charge is -2.31. The fraction of sp³-hybridized carbons (Fsp3) is 0.370. The molecule has 34 heavy (non-hydrogen) atoms. The Morgan fingerprint density at radius 3 is 2.21 bits per heavy atom. The number of fused-ring (bicyclic) bond motifs is 1. The van der Waals surface area contributed by atoms with Crippen molar-refractivity contribution in [2.45, 2.75) is 58.9 Å². The predicted molar refractivity (Wildman–Crippen MR) is 137 cm³/mol. The molecule has 6 nitrogen and oxygen atoms in total. The SMILES string of the molecule is CC(C)(C)c1cc(CN2C(=O)COc3ccc(/C=C4/OC(=S)NC4=O)cc32)cc(C(C)(C)C)c1. The highest BCUT2D eigenvalue weighted by atomic mass is 32.1. The van der Waals surface area contributed by atoms with E-state index in [0.29, 0.717) is 23.5 Å². The Morgan fingerprint density at radius 2 is 1.65 bits per heavy atom. The molecule has 2 aromatic carbocycles. The zero-order valence-electron chi connectivity index (χ0n) is 20.4. The van der Waals surface area contributed by atoms with E-state index in [1.807, 2.05) is 12.1 Å². The molecule has 1 N–H and O–H groups in total. The van der Waals surface area contributed by atoms with E-state index in [2.05, 4.69) is 65.1 Å². The molecule has 0 aromatic heterocycles. The Hall–Kier alpha value is -3.19. The number of carbonyl (C=O) groups excluding carboxylic acids is 2. The number of rotatable bonds is 3. The van der Waals surface area contributed by atoms with Crippen LogP contribution in [0.15, 0.2) is 42.2 Å². The molecule has 0 saturated carbocycles. The summed E-state index contributed by atoms with van der Waals surface area (Å²) >= 11 is 4.90. The maximum atomic E-state index is 13.0. The minimum atomic E-state index is -0.388. The van der Waals surface area contributed by atoms with Gasteiger partial charge in [0.15, 0.2) is 12.4 Å². The van der Waals surface area contributed by atoms with Crippen LogP contribution in [0, 0.1) is 0 Å². The molecule has 7 heteroatoms. The van der Waals surface area contributed by atoms with Crippen LogP contribution in [0.2, 0.25) is 0 Å². The fourth-order valence-corrected chi connectivity index (χ4v) is 4.07. The molecule has 0 bridgehead atoms. The zero-order valence-corrected chi connectivity index (χ0v) is 21.3. The van der Waals surface area contributed by atoms with E-state index in [1.54, 1.807) is 17.0 Å². The molecule has 2 aliphatic rings. The van der Waals surface area contributed by atoms with Gasteiger partial charge in [0, 0.05) is 0 Å². The monoisotopic (exact) mass is 478 g/mol. The first-order valence-corrected chi connectivity index (χ1v) is 11.7. The molecular weight excluding hydrogens is 448 g/mol. The second-order valence-corrected chi connectivity index (χ2v) is 11.1. The highest BCUT2D eigenvalue weighted by Crippen LogP contribution is 2.36. The van der Waals surface area contributed by atoms with Gasteiger partial charge in [-0.05, 0) is 63.5 Å². The molecule has 4 rings (SSSR count). The molecule has 2 aliphatic heterocycles. The van der Waals surface area contributed by atoms with Crippen LogP contribution in [0.1, 0.15) is 63.8 Å². The third-order valence-electron chi connectivity index (χ3n) is 5.93. The third kappa shape index (κ3) is 4.99. The molecule has 0 spiro atoms. The van der Waals surface area contributed by atoms with Crippen LogP contribution in [-0.2, 0) is 31.7 Å². The lowest BCUT2D eigenvalue weighted by Crippen LogP contribution is -2.38. The average molecular weight is 479 g/mol. The van der Waals surface area contributed by atoms with Gasteiger partial charge >= 0.3 is 0 Å². The van der Waals surface area contributed by atoms with Crippen LogP contribution in [0.25, 0.3) is 6.08 Å². The van der Waals surface area contributed by atoms with Crippen molar-refractivity contribution in [2.24, 2.45) is 0 Å². The normalized spacial score (nSPS) is 17.4. The van der Waals surface area contributed by atoms with Gasteiger partial charge in [0.25, 0.3) is 17.0 Å². The van der Waals surface area contributed by atoms with Crippen LogP contribution in [-0.4, -0.2) is 23.6 Å². The van der Waals surface area contributed by atoms with E-state index in [0.717, 1.165) is 5.56 Å². The Morgan fingerprint density at radius 1 is 1.00 bits per heavy atom. The Kier molecular flexibility index (Phi) is 6.02. The first kappa shape index (κ1) is 24.0. The Labute approximate surface area is 205 Å². The lowest BCUT2D eigenvalue weighted by atomic mass is 9.79. The van der Waals surface area contributed by atoms with Crippen molar-refractivity contribution in [3.8, 4) is 5.75 Å². The highest BCUT2D eigenvalue weighted by Gasteiger charge is 2.28. The fourth-order valence-electron chi connectivity index (χ4n) is 3.89. The first-order chi connectivity index (χ1) is 15.8. The maximum absolute atomic E-state index is 13.0. The van der Waals surface area contributed by atoms with Gasteiger partial charge in [0.1, 0.15) is 5.75 Å². The third-order valence-corrected chi connectivity index (χ3v) is 6.12. The van der Waals surface area contributed by atoms with Crippen molar-refractivity contribution in [1.29, 1.82) is 0 Å². The van der Waals surface area contributed by atoms with Gasteiger partial charge in [0.05, 0.1) is 12.2 Å². The van der Waals surface area contributed by atoms with Crippen LogP contribution >= 0.6 is 12.2 Å². The molecular formula is C27H30N2O4S. The lowest BCUT2D eigenvalue weighted by molar-refractivity contribution is -0.121. The molecule has 0 unspecified atom stereocenters. The van der Waals surface area contributed by atoms with Gasteiger partial charge < -0.3 is 14.4 Å². The van der Waals surface area contributed by atoms with E-state index in [9.17, 15) is 9.59 Å². The summed E-state index contributed by atoms with van der Waals surface area (Å²) in [5.74, 6) is 0.233. The van der Waals surface area contributed by atoms with E-state index in [4.69, 9.17) is 21.7 Å². The number of benzene rings is 2. The van der Waals surface area contributed by atoms with Gasteiger partial charge in [-0.2, -0.15) is 0 Å². The summed E-state index contributed by atoms with van der Waals surface area (Å²) < 4.78 is 11.0. The number of ether oxygens (including phenoxy) is 2. The summed E-state index contributed by atoms with van der Waals surface area (Å²) in [6.45, 7) is 13.6. The number of thiocarbonyl (C=S) groups is 1. The molecule has 0 radical (unpaired) electrons. The van der Waals surface area contributed by atoms with Gasteiger partial charge in [-0.1, -0.05) is 65.8 Å². The number of amides is 2. The van der Waals surface area contributed by atoms with Crippen LogP contribution in [0.4, 0.5) is 5.69 Å². The van der Waals surface area contributed by atoms with Crippen molar-refractivity contribution in [1.82, 2.24) is 5.32 Å². The molecule has 1 fully saturated rings. The maximum Gasteiger partial charge on any atom is 0.294 e. The summed E-state index contributed by atoms with van der Waals surface area (Å²) in [7, 11) is 0. The second kappa shape index (κ2) is 8.55. The van der Waals surface area contributed by atoms with Gasteiger partial charge in [-0.3, -0.25) is 14.9 Å². The van der Waals surface area contributed by atoms with Gasteiger partial charge in [-0.25, -0.2) is 0 Å². The number of nitrogens with one attached hydrogen (secondary N) is 1. The Balaban J connectivity index is 1.73. The molecule has 2 aromatic rings. The van der Waals surface area contributed by atoms with Crippen molar-refractivity contribution in [3.05, 3.63) is 64.4 Å². The minimum absolute atomic E-state index is 0.0156. The van der Waals surface area contributed by atoms with Crippen LogP contribution < -0.4 is 15.0 Å². The molecule has 2 heterocycles. The predicted octanol–water partition coefficient (Wildman–Crippen LogP) is 4.98. The largest absolute Gasteiger partial charge is 0.482 e. The second-order valence-electron chi connectivity index (χ2n) is 10.8. The standard InChI is InChI=1S/C27H30N2O4S/c1-26(2,3)18-9-17(10-19(13-18)27(4,5)6)14-29-20-11-16(7-8-21(20)32-15-23(29)30)12-22-24(31)28-25(34)33-22/h7-13H,14-15H2,1-6H3,(H,28,31,34)/b22-12+. The van der Waals surface area contributed by atoms with Crippen molar-refractivity contribution in [2.75, 3.05) is 11.5 Å². The summed E-state index contributed by atoms with van der Waals surface area (Å²) in [5.41, 5.74) is 4.84. The Bertz CT molecular complexity index is 1190. The van der Waals surface area contributed by atoms with Crippen LogP contribution in [0.5, 0.6) is 5.75 Å². The molecule has 0 aliphatic carbocycles. The van der Waals surface area contributed by atoms with E-state index < -0.39 is 0 Å². The van der Waals surface area contributed by atoms with E-state index in [1.165, 1.54) is 11.1 Å². The summed E-state index contributed by atoms with van der Waals surface area (Å²) in [6, 6.07) is 12.1. The van der Waals surface area contributed by atoms with Gasteiger partial charge in [0.2, 0.25) is 0 Å². The van der Waals surface area contributed by atoms with Crippen molar-refractivity contribution >= 4 is 41.0 Å². The van der Waals surface area contributed by atoms with E-state index in [-0.39, 0.29) is 40.2 Å². The number of hydrogen-bond donors (Lipinski definition) is 1. The minimum Gasteiger partial charge on any atom is -0.482 e. The number of anilines is 1. The smallest absolute Gasteiger partial charge is 0.294 e. The van der Waals surface area contributed by atoms with Crippen molar-refractivity contribution in [3.63, 3.8) is 0 Å². The summed E-state index contributed by atoms with van der Waals surface area (Å²) in [4.78, 5) is 26.7.